The van der Waals surface area contributed by atoms with Crippen molar-refractivity contribution >= 4 is 37.5 Å². The fourth-order valence-electron chi connectivity index (χ4n) is 3.00. The summed E-state index contributed by atoms with van der Waals surface area (Å²) in [6.07, 6.45) is 2.96. The Morgan fingerprint density at radius 3 is 2.69 bits per heavy atom. The molecule has 138 valence electrons. The van der Waals surface area contributed by atoms with Gasteiger partial charge in [-0.15, -0.1) is 0 Å². The number of aromatic nitrogens is 1. The highest BCUT2D eigenvalue weighted by Gasteiger charge is 2.33. The Hall–Kier alpha value is -1.77. The summed E-state index contributed by atoms with van der Waals surface area (Å²) in [6, 6.07) is 10.1. The molecular formula is C18H20BrN3O3S. The van der Waals surface area contributed by atoms with Crippen LogP contribution >= 0.6 is 15.9 Å². The van der Waals surface area contributed by atoms with Gasteiger partial charge in [0.05, 0.1) is 10.8 Å². The van der Waals surface area contributed by atoms with E-state index in [1.54, 1.807) is 42.6 Å². The van der Waals surface area contributed by atoms with Crippen LogP contribution in [0.4, 0.5) is 5.69 Å². The molecule has 8 heteroatoms. The topological polar surface area (TPSA) is 79.4 Å². The van der Waals surface area contributed by atoms with Crippen molar-refractivity contribution < 1.29 is 13.2 Å². The Morgan fingerprint density at radius 2 is 2.00 bits per heavy atom. The molecule has 1 N–H and O–H groups in total. The number of anilines is 1. The van der Waals surface area contributed by atoms with E-state index >= 15 is 0 Å². The van der Waals surface area contributed by atoms with E-state index in [0.717, 1.165) is 10.2 Å². The van der Waals surface area contributed by atoms with Crippen LogP contribution in [0.2, 0.25) is 0 Å². The van der Waals surface area contributed by atoms with Crippen molar-refractivity contribution in [3.05, 3.63) is 52.8 Å². The SMILES string of the molecule is Cc1cc(NC(=O)C2CCCN(S(=O)(=O)c3ccc(Br)cc3)C2)ccn1. The first-order valence-electron chi connectivity index (χ1n) is 8.35. The first-order valence-corrected chi connectivity index (χ1v) is 10.6. The number of amides is 1. The van der Waals surface area contributed by atoms with Gasteiger partial charge in [-0.3, -0.25) is 9.78 Å². The minimum absolute atomic E-state index is 0.161. The van der Waals surface area contributed by atoms with Gasteiger partial charge in [-0.25, -0.2) is 8.42 Å². The van der Waals surface area contributed by atoms with Gasteiger partial charge in [-0.2, -0.15) is 4.31 Å². The summed E-state index contributed by atoms with van der Waals surface area (Å²) in [5.41, 5.74) is 1.49. The van der Waals surface area contributed by atoms with Gasteiger partial charge < -0.3 is 5.32 Å². The van der Waals surface area contributed by atoms with Crippen LogP contribution in [-0.4, -0.2) is 36.7 Å². The molecule has 26 heavy (non-hydrogen) atoms. The minimum Gasteiger partial charge on any atom is -0.326 e. The second-order valence-electron chi connectivity index (χ2n) is 6.33. The van der Waals surface area contributed by atoms with E-state index in [1.165, 1.54) is 4.31 Å². The summed E-state index contributed by atoms with van der Waals surface area (Å²) in [5, 5.41) is 2.87. The van der Waals surface area contributed by atoms with Crippen LogP contribution < -0.4 is 5.32 Å². The van der Waals surface area contributed by atoms with Crippen LogP contribution in [0.3, 0.4) is 0 Å². The molecule has 0 spiro atoms. The Kier molecular flexibility index (Phi) is 5.74. The largest absolute Gasteiger partial charge is 0.326 e. The second-order valence-corrected chi connectivity index (χ2v) is 9.18. The number of rotatable bonds is 4. The number of nitrogens with one attached hydrogen (secondary N) is 1. The van der Waals surface area contributed by atoms with Gasteiger partial charge in [0.2, 0.25) is 15.9 Å². The number of nitrogens with zero attached hydrogens (tertiary/aromatic N) is 2. The van der Waals surface area contributed by atoms with Gasteiger partial charge >= 0.3 is 0 Å². The molecule has 0 saturated carbocycles. The maximum atomic E-state index is 12.8. The minimum atomic E-state index is -3.60. The van der Waals surface area contributed by atoms with Crippen molar-refractivity contribution in [1.29, 1.82) is 0 Å². The summed E-state index contributed by atoms with van der Waals surface area (Å²) >= 11 is 3.31. The summed E-state index contributed by atoms with van der Waals surface area (Å²) in [6.45, 7) is 2.47. The number of pyridine rings is 1. The number of halogens is 1. The Morgan fingerprint density at radius 1 is 1.27 bits per heavy atom. The zero-order chi connectivity index (χ0) is 18.7. The average molecular weight is 438 g/mol. The van der Waals surface area contributed by atoms with Crippen LogP contribution in [0.25, 0.3) is 0 Å². The Bertz CT molecular complexity index is 900. The van der Waals surface area contributed by atoms with E-state index < -0.39 is 10.0 Å². The third-order valence-electron chi connectivity index (χ3n) is 4.37. The lowest BCUT2D eigenvalue weighted by molar-refractivity contribution is -0.120. The van der Waals surface area contributed by atoms with Gasteiger partial charge in [0.25, 0.3) is 0 Å². The quantitative estimate of drug-likeness (QED) is 0.796. The van der Waals surface area contributed by atoms with Gasteiger partial charge in [-0.05, 0) is 56.2 Å². The lowest BCUT2D eigenvalue weighted by atomic mass is 9.99. The molecule has 2 aromatic rings. The van der Waals surface area contributed by atoms with Crippen LogP contribution in [0.1, 0.15) is 18.5 Å². The van der Waals surface area contributed by atoms with Crippen molar-refractivity contribution in [2.24, 2.45) is 5.92 Å². The highest BCUT2D eigenvalue weighted by atomic mass is 79.9. The molecule has 1 aromatic heterocycles. The fourth-order valence-corrected chi connectivity index (χ4v) is 4.79. The molecule has 2 heterocycles. The van der Waals surface area contributed by atoms with Crippen molar-refractivity contribution in [1.82, 2.24) is 9.29 Å². The zero-order valence-corrected chi connectivity index (χ0v) is 16.8. The number of benzene rings is 1. The average Bonchev–Trinajstić information content (AvgIpc) is 2.62. The van der Waals surface area contributed by atoms with Gasteiger partial charge in [0.15, 0.2) is 0 Å². The highest BCUT2D eigenvalue weighted by Crippen LogP contribution is 2.25. The maximum absolute atomic E-state index is 12.8. The predicted molar refractivity (Wildman–Crippen MR) is 103 cm³/mol. The molecular weight excluding hydrogens is 418 g/mol. The number of aryl methyl sites for hydroxylation is 1. The molecule has 1 aliphatic rings. The van der Waals surface area contributed by atoms with Crippen LogP contribution in [0, 0.1) is 12.8 Å². The molecule has 1 amide bonds. The fraction of sp³-hybridized carbons (Fsp3) is 0.333. The molecule has 1 atom stereocenters. The number of sulfonamides is 1. The third kappa shape index (κ3) is 4.31. The standard InChI is InChI=1S/C18H20BrN3O3S/c1-13-11-16(8-9-20-13)21-18(23)14-3-2-10-22(12-14)26(24,25)17-6-4-15(19)5-7-17/h4-9,11,14H,2-3,10,12H2,1H3,(H,20,21,23). The lowest BCUT2D eigenvalue weighted by Crippen LogP contribution is -2.43. The van der Waals surface area contributed by atoms with Gasteiger partial charge in [-0.1, -0.05) is 15.9 Å². The number of hydrogen-bond acceptors (Lipinski definition) is 4. The van der Waals surface area contributed by atoms with Gasteiger partial charge in [0, 0.05) is 35.1 Å². The van der Waals surface area contributed by atoms with E-state index in [-0.39, 0.29) is 23.3 Å². The number of carbonyl (C=O) groups is 1. The van der Waals surface area contributed by atoms with Crippen molar-refractivity contribution in [2.75, 3.05) is 18.4 Å². The molecule has 1 fully saturated rings. The third-order valence-corrected chi connectivity index (χ3v) is 6.78. The Balaban J connectivity index is 1.72. The first kappa shape index (κ1) is 19.0. The predicted octanol–water partition coefficient (Wildman–Crippen LogP) is 3.19. The van der Waals surface area contributed by atoms with E-state index in [0.29, 0.717) is 25.1 Å². The molecule has 6 nitrogen and oxygen atoms in total. The maximum Gasteiger partial charge on any atom is 0.243 e. The molecule has 1 unspecified atom stereocenters. The van der Waals surface area contributed by atoms with Crippen molar-refractivity contribution in [3.8, 4) is 0 Å². The molecule has 1 saturated heterocycles. The summed E-state index contributed by atoms with van der Waals surface area (Å²) in [5.74, 6) is -0.534. The number of piperidine rings is 1. The normalized spacial score (nSPS) is 18.5. The van der Waals surface area contributed by atoms with Gasteiger partial charge in [0.1, 0.15) is 0 Å². The number of hydrogen-bond donors (Lipinski definition) is 1. The van der Waals surface area contributed by atoms with E-state index in [1.807, 2.05) is 6.92 Å². The molecule has 0 bridgehead atoms. The molecule has 1 aromatic carbocycles. The Labute approximate surface area is 161 Å². The monoisotopic (exact) mass is 437 g/mol. The van der Waals surface area contributed by atoms with Crippen LogP contribution in [0.5, 0.6) is 0 Å². The molecule has 1 aliphatic heterocycles. The molecule has 3 rings (SSSR count). The lowest BCUT2D eigenvalue weighted by Gasteiger charge is -2.31. The summed E-state index contributed by atoms with van der Waals surface area (Å²) in [7, 11) is -3.60. The van der Waals surface area contributed by atoms with E-state index in [2.05, 4.69) is 26.2 Å². The van der Waals surface area contributed by atoms with Crippen LogP contribution in [-0.2, 0) is 14.8 Å². The summed E-state index contributed by atoms with van der Waals surface area (Å²) < 4.78 is 27.9. The van der Waals surface area contributed by atoms with Crippen molar-refractivity contribution in [3.63, 3.8) is 0 Å². The smallest absolute Gasteiger partial charge is 0.243 e. The molecule has 0 aliphatic carbocycles. The van der Waals surface area contributed by atoms with E-state index in [4.69, 9.17) is 0 Å². The van der Waals surface area contributed by atoms with Crippen LogP contribution in [0.15, 0.2) is 52.0 Å². The molecule has 0 radical (unpaired) electrons. The van der Waals surface area contributed by atoms with Crippen molar-refractivity contribution in [2.45, 2.75) is 24.7 Å². The number of carbonyl (C=O) groups excluding carboxylic acids is 1. The first-order chi connectivity index (χ1) is 12.4. The summed E-state index contributed by atoms with van der Waals surface area (Å²) in [4.78, 5) is 16.9. The van der Waals surface area contributed by atoms with E-state index in [9.17, 15) is 13.2 Å². The zero-order valence-electron chi connectivity index (χ0n) is 14.4. The highest BCUT2D eigenvalue weighted by molar-refractivity contribution is 9.10. The second kappa shape index (κ2) is 7.85.